The number of thiocarbonyl (C=S) groups is 1. The number of esters is 1. The molecule has 0 unspecified atom stereocenters. The fraction of sp³-hybridized carbons (Fsp3) is 0.261. The number of carbonyl (C=O) groups is 2. The van der Waals surface area contributed by atoms with Crippen LogP contribution in [-0.4, -0.2) is 49.3 Å². The molecule has 0 spiro atoms. The lowest BCUT2D eigenvalue weighted by molar-refractivity contribution is -0.140. The van der Waals surface area contributed by atoms with E-state index in [0.29, 0.717) is 38.7 Å². The molecule has 9 heteroatoms. The topological polar surface area (TPSA) is 79.9 Å². The maximum atomic E-state index is 12.9. The molecule has 32 heavy (non-hydrogen) atoms. The number of rotatable bonds is 7. The van der Waals surface area contributed by atoms with Gasteiger partial charge in [-0.05, 0) is 64.9 Å². The lowest BCUT2D eigenvalue weighted by Crippen LogP contribution is -2.46. The van der Waals surface area contributed by atoms with Crippen LogP contribution in [0.5, 0.6) is 0 Å². The normalized spacial score (nSPS) is 15.9. The molecule has 2 aromatic rings. The zero-order chi connectivity index (χ0) is 23.3. The van der Waals surface area contributed by atoms with Crippen LogP contribution in [0.2, 0.25) is 0 Å². The smallest absolute Gasteiger partial charge is 0.338 e. The quantitative estimate of drug-likeness (QED) is 0.326. The molecule has 0 saturated carbocycles. The van der Waals surface area contributed by atoms with Gasteiger partial charge in [0.15, 0.2) is 5.11 Å². The molecule has 168 valence electrons. The van der Waals surface area contributed by atoms with Crippen LogP contribution in [-0.2, 0) is 14.3 Å². The van der Waals surface area contributed by atoms with Gasteiger partial charge in [-0.25, -0.2) is 4.79 Å². The molecule has 0 radical (unpaired) electrons. The number of methoxy groups -OCH3 is 1. The minimum Gasteiger partial charge on any atom is -0.460 e. The number of allylic oxidation sites excluding steroid dienone is 1. The first-order chi connectivity index (χ1) is 15.3. The van der Waals surface area contributed by atoms with Gasteiger partial charge >= 0.3 is 5.97 Å². The first-order valence-electron chi connectivity index (χ1n) is 9.90. The van der Waals surface area contributed by atoms with Crippen LogP contribution in [0, 0.1) is 0 Å². The number of carbonyl (C=O) groups excluding carboxylic acids is 2. The van der Waals surface area contributed by atoms with Crippen molar-refractivity contribution in [3.63, 3.8) is 0 Å². The summed E-state index contributed by atoms with van der Waals surface area (Å²) in [5, 5.41) is 6.60. The Labute approximate surface area is 200 Å². The van der Waals surface area contributed by atoms with Crippen LogP contribution < -0.4 is 10.6 Å². The van der Waals surface area contributed by atoms with E-state index in [1.165, 1.54) is 0 Å². The third-order valence-corrected chi connectivity index (χ3v) is 6.17. The Morgan fingerprint density at radius 2 is 1.94 bits per heavy atom. The third-order valence-electron chi connectivity index (χ3n) is 5.09. The van der Waals surface area contributed by atoms with E-state index in [4.69, 9.17) is 21.7 Å². The van der Waals surface area contributed by atoms with Gasteiger partial charge in [0.05, 0.1) is 23.8 Å². The fourth-order valence-electron chi connectivity index (χ4n) is 3.29. The minimum atomic E-state index is -0.519. The van der Waals surface area contributed by atoms with Crippen molar-refractivity contribution in [1.29, 1.82) is 0 Å². The molecule has 1 amide bonds. The number of hydrogen-bond donors (Lipinski definition) is 2. The molecule has 2 aromatic carbocycles. The van der Waals surface area contributed by atoms with E-state index >= 15 is 0 Å². The Bertz CT molecular complexity index is 1070. The molecular formula is C23H24BrN3O4S. The summed E-state index contributed by atoms with van der Waals surface area (Å²) in [5.41, 5.74) is 3.04. The predicted octanol–water partition coefficient (Wildman–Crippen LogP) is 4.03. The van der Waals surface area contributed by atoms with E-state index in [1.807, 2.05) is 37.3 Å². The van der Waals surface area contributed by atoms with Crippen LogP contribution in [0.4, 0.5) is 5.69 Å². The molecule has 1 heterocycles. The van der Waals surface area contributed by atoms with E-state index in [-0.39, 0.29) is 12.5 Å². The zero-order valence-electron chi connectivity index (χ0n) is 18.0. The highest BCUT2D eigenvalue weighted by Gasteiger charge is 2.33. The van der Waals surface area contributed by atoms with Crippen LogP contribution in [0.15, 0.2) is 64.3 Å². The molecule has 3 rings (SSSR count). The van der Waals surface area contributed by atoms with Gasteiger partial charge in [-0.2, -0.15) is 0 Å². The number of benzene rings is 2. The average Bonchev–Trinajstić information content (AvgIpc) is 2.77. The highest BCUT2D eigenvalue weighted by Crippen LogP contribution is 2.32. The third kappa shape index (κ3) is 5.35. The van der Waals surface area contributed by atoms with Crippen molar-refractivity contribution in [2.45, 2.75) is 13.0 Å². The van der Waals surface area contributed by atoms with Gasteiger partial charge in [0, 0.05) is 30.0 Å². The van der Waals surface area contributed by atoms with Crippen LogP contribution in [0.25, 0.3) is 0 Å². The number of nitrogens with zero attached hydrogens (tertiary/aromatic N) is 1. The molecule has 1 aliphatic heterocycles. The number of nitrogens with one attached hydrogen (secondary N) is 2. The Kier molecular flexibility index (Phi) is 8.00. The zero-order valence-corrected chi connectivity index (χ0v) is 20.4. The summed E-state index contributed by atoms with van der Waals surface area (Å²) in [6.45, 7) is 2.28. The lowest BCUT2D eigenvalue weighted by atomic mass is 9.95. The van der Waals surface area contributed by atoms with Gasteiger partial charge in [0.1, 0.15) is 6.61 Å². The highest BCUT2D eigenvalue weighted by atomic mass is 79.9. The summed E-state index contributed by atoms with van der Waals surface area (Å²) in [6, 6.07) is 14.0. The SMILES string of the molecule is COCCOC(=O)C1=C(C)N(C)C(=S)N[C@H]1c1cccc(NC(=O)c2ccccc2Br)c1. The van der Waals surface area contributed by atoms with Crippen molar-refractivity contribution < 1.29 is 19.1 Å². The van der Waals surface area contributed by atoms with Gasteiger partial charge in [-0.1, -0.05) is 24.3 Å². The summed E-state index contributed by atoms with van der Waals surface area (Å²) in [7, 11) is 3.33. The van der Waals surface area contributed by atoms with Crippen molar-refractivity contribution in [2.75, 3.05) is 32.7 Å². The van der Waals surface area contributed by atoms with Gasteiger partial charge < -0.3 is 25.0 Å². The Morgan fingerprint density at radius 1 is 1.19 bits per heavy atom. The number of hydrogen-bond acceptors (Lipinski definition) is 5. The first kappa shape index (κ1) is 23.9. The van der Waals surface area contributed by atoms with Crippen molar-refractivity contribution >= 4 is 50.8 Å². The minimum absolute atomic E-state index is 0.148. The number of halogens is 1. The molecule has 0 bridgehead atoms. The van der Waals surface area contributed by atoms with Crippen LogP contribution >= 0.6 is 28.1 Å². The maximum Gasteiger partial charge on any atom is 0.338 e. The van der Waals surface area contributed by atoms with Crippen molar-refractivity contribution in [3.05, 3.63) is 75.4 Å². The van der Waals surface area contributed by atoms with Crippen molar-refractivity contribution in [2.24, 2.45) is 0 Å². The van der Waals surface area contributed by atoms with E-state index in [2.05, 4.69) is 26.6 Å². The molecule has 2 N–H and O–H groups in total. The standard InChI is InChI=1S/C23H24BrN3O4S/c1-14-19(22(29)31-12-11-30-3)20(26-23(32)27(14)2)15-7-6-8-16(13-15)25-21(28)17-9-4-5-10-18(17)24/h4-10,13,20H,11-12H2,1-3H3,(H,25,28)(H,26,32)/t20-/m0/s1. The number of amides is 1. The van der Waals surface area contributed by atoms with Gasteiger partial charge in [0.2, 0.25) is 0 Å². The summed E-state index contributed by atoms with van der Waals surface area (Å²) in [6.07, 6.45) is 0. The molecule has 1 atom stereocenters. The Balaban J connectivity index is 1.89. The van der Waals surface area contributed by atoms with Crippen molar-refractivity contribution in [3.8, 4) is 0 Å². The molecule has 0 saturated heterocycles. The van der Waals surface area contributed by atoms with Gasteiger partial charge in [-0.3, -0.25) is 4.79 Å². The van der Waals surface area contributed by atoms with E-state index < -0.39 is 12.0 Å². The monoisotopic (exact) mass is 517 g/mol. The molecule has 0 fully saturated rings. The largest absolute Gasteiger partial charge is 0.460 e. The molecular weight excluding hydrogens is 494 g/mol. The van der Waals surface area contributed by atoms with Crippen LogP contribution in [0.1, 0.15) is 28.9 Å². The van der Waals surface area contributed by atoms with Gasteiger partial charge in [0.25, 0.3) is 5.91 Å². The predicted molar refractivity (Wildman–Crippen MR) is 130 cm³/mol. The fourth-order valence-corrected chi connectivity index (χ4v) is 4.00. The second-order valence-corrected chi connectivity index (χ2v) is 8.37. The second kappa shape index (κ2) is 10.7. The Morgan fingerprint density at radius 3 is 2.66 bits per heavy atom. The molecule has 1 aliphatic rings. The number of anilines is 1. The summed E-state index contributed by atoms with van der Waals surface area (Å²) < 4.78 is 11.1. The summed E-state index contributed by atoms with van der Waals surface area (Å²) >= 11 is 8.84. The summed E-state index contributed by atoms with van der Waals surface area (Å²) in [5.74, 6) is -0.693. The molecule has 7 nitrogen and oxygen atoms in total. The molecule has 0 aromatic heterocycles. The van der Waals surface area contributed by atoms with E-state index in [0.717, 1.165) is 5.56 Å². The first-order valence-corrected chi connectivity index (χ1v) is 11.1. The second-order valence-electron chi connectivity index (χ2n) is 7.13. The summed E-state index contributed by atoms with van der Waals surface area (Å²) in [4.78, 5) is 27.3. The highest BCUT2D eigenvalue weighted by molar-refractivity contribution is 9.10. The van der Waals surface area contributed by atoms with Gasteiger partial charge in [-0.15, -0.1) is 0 Å². The Hall–Kier alpha value is -2.75. The lowest BCUT2D eigenvalue weighted by Gasteiger charge is -2.35. The number of ether oxygens (including phenoxy) is 2. The average molecular weight is 518 g/mol. The van der Waals surface area contributed by atoms with Crippen molar-refractivity contribution in [1.82, 2.24) is 10.2 Å². The van der Waals surface area contributed by atoms with E-state index in [9.17, 15) is 9.59 Å². The van der Waals surface area contributed by atoms with E-state index in [1.54, 1.807) is 37.3 Å². The van der Waals surface area contributed by atoms with Crippen LogP contribution in [0.3, 0.4) is 0 Å². The maximum absolute atomic E-state index is 12.9. The molecule has 0 aliphatic carbocycles.